The van der Waals surface area contributed by atoms with Crippen molar-refractivity contribution >= 4 is 11.9 Å². The number of piperidine rings is 1. The Hall–Kier alpha value is -2.12. The van der Waals surface area contributed by atoms with Crippen molar-refractivity contribution in [2.75, 3.05) is 13.2 Å². The number of hydrogen-bond acceptors (Lipinski definition) is 3. The summed E-state index contributed by atoms with van der Waals surface area (Å²) in [6.07, 6.45) is -3.38. The second kappa shape index (κ2) is 7.41. The lowest BCUT2D eigenvalue weighted by molar-refractivity contribution is -0.190. The molecule has 1 amide bonds. The van der Waals surface area contributed by atoms with E-state index in [1.165, 1.54) is 17.0 Å². The van der Waals surface area contributed by atoms with E-state index in [4.69, 9.17) is 0 Å². The number of ether oxygens (including phenoxy) is 1. The fraction of sp³-hybridized carbons (Fsp3) is 0.529. The van der Waals surface area contributed by atoms with Gasteiger partial charge in [0.25, 0.3) is 0 Å². The van der Waals surface area contributed by atoms with Crippen molar-refractivity contribution in [2.45, 2.75) is 38.9 Å². The molecular formula is C17H19F4NO3. The highest BCUT2D eigenvalue weighted by atomic mass is 19.4. The minimum atomic E-state index is -4.70. The summed E-state index contributed by atoms with van der Waals surface area (Å²) in [6, 6.07) is 3.87. The number of nitrogens with zero attached hydrogens (tertiary/aromatic N) is 1. The predicted molar refractivity (Wildman–Crippen MR) is 81.0 cm³/mol. The predicted octanol–water partition coefficient (Wildman–Crippen LogP) is 3.54. The zero-order chi connectivity index (χ0) is 18.8. The van der Waals surface area contributed by atoms with E-state index in [2.05, 4.69) is 4.74 Å². The van der Waals surface area contributed by atoms with Crippen LogP contribution in [0.25, 0.3) is 0 Å². The van der Waals surface area contributed by atoms with Crippen LogP contribution in [-0.2, 0) is 14.3 Å². The van der Waals surface area contributed by atoms with Crippen LogP contribution in [0.5, 0.6) is 0 Å². The molecule has 1 aromatic carbocycles. The van der Waals surface area contributed by atoms with E-state index in [1.807, 2.05) is 6.92 Å². The summed E-state index contributed by atoms with van der Waals surface area (Å²) in [5, 5.41) is 0. The highest BCUT2D eigenvalue weighted by molar-refractivity contribution is 6.32. The molecule has 2 unspecified atom stereocenters. The van der Waals surface area contributed by atoms with Crippen molar-refractivity contribution in [3.8, 4) is 0 Å². The van der Waals surface area contributed by atoms with Gasteiger partial charge in [-0.2, -0.15) is 13.2 Å². The zero-order valence-electron chi connectivity index (χ0n) is 13.9. The lowest BCUT2D eigenvalue weighted by Crippen LogP contribution is -2.45. The van der Waals surface area contributed by atoms with Crippen molar-refractivity contribution < 1.29 is 31.9 Å². The van der Waals surface area contributed by atoms with Crippen molar-refractivity contribution in [1.82, 2.24) is 4.90 Å². The molecule has 0 spiro atoms. The van der Waals surface area contributed by atoms with Gasteiger partial charge >= 0.3 is 18.1 Å². The van der Waals surface area contributed by atoms with Crippen molar-refractivity contribution in [2.24, 2.45) is 5.92 Å². The molecule has 8 heteroatoms. The van der Waals surface area contributed by atoms with Gasteiger partial charge in [0.2, 0.25) is 0 Å². The number of alkyl halides is 3. The monoisotopic (exact) mass is 361 g/mol. The number of likely N-dealkylation sites (tertiary alicyclic amines) is 1. The number of halogens is 4. The minimum Gasteiger partial charge on any atom is -0.449 e. The van der Waals surface area contributed by atoms with Crippen LogP contribution in [0, 0.1) is 18.7 Å². The maximum atomic E-state index is 13.5. The van der Waals surface area contributed by atoms with Crippen LogP contribution in [0.3, 0.4) is 0 Å². The van der Waals surface area contributed by atoms with E-state index >= 15 is 0 Å². The fourth-order valence-electron chi connectivity index (χ4n) is 2.93. The van der Waals surface area contributed by atoms with E-state index in [0.717, 1.165) is 6.42 Å². The molecule has 4 nitrogen and oxygen atoms in total. The average Bonchev–Trinajstić information content (AvgIpc) is 2.54. The molecule has 25 heavy (non-hydrogen) atoms. The van der Waals surface area contributed by atoms with Crippen LogP contribution in [0.15, 0.2) is 18.2 Å². The van der Waals surface area contributed by atoms with E-state index in [0.29, 0.717) is 17.5 Å². The molecular weight excluding hydrogens is 342 g/mol. The number of hydrogen-bond donors (Lipinski definition) is 0. The Bertz CT molecular complexity index is 660. The first-order chi connectivity index (χ1) is 11.6. The van der Waals surface area contributed by atoms with Crippen LogP contribution in [0.4, 0.5) is 17.6 Å². The molecule has 1 aliphatic heterocycles. The van der Waals surface area contributed by atoms with Crippen LogP contribution in [-0.4, -0.2) is 36.1 Å². The fourth-order valence-corrected chi connectivity index (χ4v) is 2.93. The topological polar surface area (TPSA) is 46.6 Å². The molecule has 1 aliphatic rings. The third-order valence-electron chi connectivity index (χ3n) is 4.19. The van der Waals surface area contributed by atoms with Gasteiger partial charge in [0.1, 0.15) is 5.82 Å². The Balaban J connectivity index is 2.19. The number of carbonyl (C=O) groups excluding carboxylic acids is 2. The average molecular weight is 361 g/mol. The summed E-state index contributed by atoms with van der Waals surface area (Å²) in [7, 11) is 0. The Morgan fingerprint density at radius 3 is 2.56 bits per heavy atom. The molecule has 0 saturated carbocycles. The third-order valence-corrected chi connectivity index (χ3v) is 4.19. The van der Waals surface area contributed by atoms with E-state index in [1.54, 1.807) is 13.0 Å². The molecule has 0 aromatic heterocycles. The molecule has 0 aliphatic carbocycles. The summed E-state index contributed by atoms with van der Waals surface area (Å²) in [5.41, 5.74) is 1.03. The summed E-state index contributed by atoms with van der Waals surface area (Å²) in [4.78, 5) is 25.2. The molecule has 1 heterocycles. The summed E-state index contributed by atoms with van der Waals surface area (Å²) in [5.74, 6) is -2.94. The molecule has 1 aromatic rings. The second-order valence-corrected chi connectivity index (χ2v) is 6.36. The van der Waals surface area contributed by atoms with Gasteiger partial charge in [-0.25, -0.2) is 9.18 Å². The van der Waals surface area contributed by atoms with Crippen LogP contribution in [0.2, 0.25) is 0 Å². The van der Waals surface area contributed by atoms with Gasteiger partial charge in [-0.15, -0.1) is 0 Å². The van der Waals surface area contributed by atoms with E-state index in [-0.39, 0.29) is 12.5 Å². The number of benzene rings is 1. The van der Waals surface area contributed by atoms with E-state index in [9.17, 15) is 27.2 Å². The second-order valence-electron chi connectivity index (χ2n) is 6.36. The van der Waals surface area contributed by atoms with E-state index < -0.39 is 36.5 Å². The minimum absolute atomic E-state index is 0.0946. The first-order valence-corrected chi connectivity index (χ1v) is 7.89. The van der Waals surface area contributed by atoms with Gasteiger partial charge in [-0.1, -0.05) is 19.1 Å². The summed E-state index contributed by atoms with van der Waals surface area (Å²) < 4.78 is 54.0. The SMILES string of the molecule is Cc1cc(C2CCC(C)CN2C(=O)C(=O)OCC(F)(F)F)ccc1F. The Morgan fingerprint density at radius 2 is 1.96 bits per heavy atom. The van der Waals surface area contributed by atoms with Gasteiger partial charge < -0.3 is 9.64 Å². The molecule has 2 rings (SSSR count). The molecule has 2 atom stereocenters. The normalized spacial score (nSPS) is 21.1. The molecule has 138 valence electrons. The molecule has 0 bridgehead atoms. The Labute approximate surface area is 142 Å². The smallest absolute Gasteiger partial charge is 0.422 e. The maximum Gasteiger partial charge on any atom is 0.422 e. The number of amides is 1. The van der Waals surface area contributed by atoms with Crippen molar-refractivity contribution in [3.63, 3.8) is 0 Å². The maximum absolute atomic E-state index is 13.5. The number of aryl methyl sites for hydroxylation is 1. The van der Waals surface area contributed by atoms with Crippen molar-refractivity contribution in [3.05, 3.63) is 35.1 Å². The largest absolute Gasteiger partial charge is 0.449 e. The Morgan fingerprint density at radius 1 is 1.28 bits per heavy atom. The van der Waals surface area contributed by atoms with Gasteiger partial charge in [-0.05, 0) is 42.9 Å². The molecule has 0 N–H and O–H groups in total. The quantitative estimate of drug-likeness (QED) is 0.460. The van der Waals surface area contributed by atoms with Gasteiger partial charge in [0, 0.05) is 6.54 Å². The highest BCUT2D eigenvalue weighted by Gasteiger charge is 2.37. The third kappa shape index (κ3) is 4.93. The standard InChI is InChI=1S/C17H19F4NO3/c1-10-3-6-14(12-4-5-13(18)11(2)7-12)22(8-10)15(23)16(24)25-9-17(19,20)21/h4-5,7,10,14H,3,6,8-9H2,1-2H3. The zero-order valence-corrected chi connectivity index (χ0v) is 13.9. The molecule has 1 saturated heterocycles. The summed E-state index contributed by atoms with van der Waals surface area (Å²) >= 11 is 0. The number of rotatable bonds is 2. The first-order valence-electron chi connectivity index (χ1n) is 7.89. The summed E-state index contributed by atoms with van der Waals surface area (Å²) in [6.45, 7) is 1.88. The lowest BCUT2D eigenvalue weighted by Gasteiger charge is -2.38. The van der Waals surface area contributed by atoms with Gasteiger partial charge in [-0.3, -0.25) is 4.79 Å². The molecule has 1 fully saturated rings. The van der Waals surface area contributed by atoms with Gasteiger partial charge in [0.15, 0.2) is 6.61 Å². The number of carbonyl (C=O) groups is 2. The highest BCUT2D eigenvalue weighted by Crippen LogP contribution is 2.34. The van der Waals surface area contributed by atoms with Crippen molar-refractivity contribution in [1.29, 1.82) is 0 Å². The Kier molecular flexibility index (Phi) is 5.69. The van der Waals surface area contributed by atoms with Gasteiger partial charge in [0.05, 0.1) is 6.04 Å². The van der Waals surface area contributed by atoms with Crippen LogP contribution < -0.4 is 0 Å². The van der Waals surface area contributed by atoms with Crippen LogP contribution in [0.1, 0.15) is 36.9 Å². The molecule has 0 radical (unpaired) electrons. The lowest BCUT2D eigenvalue weighted by atomic mass is 9.89. The number of esters is 1. The first kappa shape index (κ1) is 19.2. The van der Waals surface area contributed by atoms with Crippen LogP contribution >= 0.6 is 0 Å².